The van der Waals surface area contributed by atoms with E-state index in [-0.39, 0.29) is 12.5 Å². The Labute approximate surface area is 147 Å². The van der Waals surface area contributed by atoms with Crippen LogP contribution in [0.2, 0.25) is 5.02 Å². The van der Waals surface area contributed by atoms with E-state index in [9.17, 15) is 13.6 Å². The summed E-state index contributed by atoms with van der Waals surface area (Å²) in [6.45, 7) is 1.74. The fourth-order valence-corrected chi connectivity index (χ4v) is 3.16. The predicted molar refractivity (Wildman–Crippen MR) is 91.3 cm³/mol. The number of benzene rings is 1. The molecule has 128 valence electrons. The number of rotatable bonds is 3. The molecule has 1 fully saturated rings. The van der Waals surface area contributed by atoms with Crippen molar-refractivity contribution in [1.82, 2.24) is 14.5 Å². The van der Waals surface area contributed by atoms with Crippen molar-refractivity contribution in [3.63, 3.8) is 0 Å². The van der Waals surface area contributed by atoms with Gasteiger partial charge in [-0.1, -0.05) is 17.7 Å². The number of nitrogens with zero attached hydrogens (tertiary/aromatic N) is 3. The van der Waals surface area contributed by atoms with Gasteiger partial charge < -0.3 is 9.47 Å². The molecular formula is C18H14ClF2N3O. The van der Waals surface area contributed by atoms with E-state index in [1.807, 2.05) is 0 Å². The molecule has 0 spiro atoms. The molecule has 1 aliphatic heterocycles. The van der Waals surface area contributed by atoms with E-state index in [4.69, 9.17) is 11.6 Å². The average Bonchev–Trinajstić information content (AvgIpc) is 2.84. The molecule has 0 aliphatic carbocycles. The number of likely N-dealkylation sites (tertiary alicyclic amines) is 1. The zero-order valence-electron chi connectivity index (χ0n) is 13.2. The summed E-state index contributed by atoms with van der Waals surface area (Å²) in [6, 6.07) is 5.47. The Kier molecular flexibility index (Phi) is 3.92. The number of carbonyl (C=O) groups excluding carboxylic acids is 1. The number of halogens is 3. The first-order chi connectivity index (χ1) is 12.0. The molecule has 1 aliphatic rings. The smallest absolute Gasteiger partial charge is 0.242 e. The number of pyridine rings is 1. The van der Waals surface area contributed by atoms with Crippen LogP contribution in [-0.2, 0) is 11.3 Å². The molecule has 0 atom stereocenters. The molecule has 0 radical (unpaired) electrons. The second kappa shape index (κ2) is 6.11. The van der Waals surface area contributed by atoms with Crippen LogP contribution >= 0.6 is 11.6 Å². The van der Waals surface area contributed by atoms with Gasteiger partial charge in [-0.05, 0) is 30.2 Å². The number of aromatic nitrogens is 2. The Morgan fingerprint density at radius 3 is 2.64 bits per heavy atom. The van der Waals surface area contributed by atoms with E-state index in [2.05, 4.69) is 4.98 Å². The first kappa shape index (κ1) is 16.0. The second-order valence-electron chi connectivity index (χ2n) is 6.06. The topological polar surface area (TPSA) is 38.1 Å². The minimum absolute atomic E-state index is 0.0260. The van der Waals surface area contributed by atoms with E-state index >= 15 is 0 Å². The molecule has 3 aromatic rings. The summed E-state index contributed by atoms with van der Waals surface area (Å²) in [7, 11) is 0. The molecule has 0 saturated carbocycles. The lowest BCUT2D eigenvalue weighted by Crippen LogP contribution is -2.43. The van der Waals surface area contributed by atoms with Crippen molar-refractivity contribution < 1.29 is 13.6 Å². The van der Waals surface area contributed by atoms with Crippen molar-refractivity contribution in [2.24, 2.45) is 0 Å². The summed E-state index contributed by atoms with van der Waals surface area (Å²) in [5.74, 6) is -1.79. The van der Waals surface area contributed by atoms with Crippen molar-refractivity contribution in [2.45, 2.75) is 13.0 Å². The quantitative estimate of drug-likeness (QED) is 0.710. The SMILES string of the molecule is O=C(Cn1cc(Cl)c2ncc(-c3ccc(F)c(F)c3)cc21)N1CCC1. The van der Waals surface area contributed by atoms with Crippen LogP contribution in [0.1, 0.15) is 6.42 Å². The van der Waals surface area contributed by atoms with Gasteiger partial charge in [-0.2, -0.15) is 0 Å². The summed E-state index contributed by atoms with van der Waals surface area (Å²) >= 11 is 6.22. The van der Waals surface area contributed by atoms with Gasteiger partial charge in [-0.15, -0.1) is 0 Å². The second-order valence-corrected chi connectivity index (χ2v) is 6.47. The molecule has 7 heteroatoms. The molecule has 0 N–H and O–H groups in total. The predicted octanol–water partition coefficient (Wildman–Crippen LogP) is 3.87. The highest BCUT2D eigenvalue weighted by Gasteiger charge is 2.21. The summed E-state index contributed by atoms with van der Waals surface area (Å²) in [6.07, 6.45) is 4.26. The molecule has 2 aromatic heterocycles. The number of hydrogen-bond donors (Lipinski definition) is 0. The summed E-state index contributed by atoms with van der Waals surface area (Å²) in [4.78, 5) is 18.3. The zero-order chi connectivity index (χ0) is 17.6. The van der Waals surface area contributed by atoms with Gasteiger partial charge in [0.25, 0.3) is 0 Å². The van der Waals surface area contributed by atoms with Gasteiger partial charge in [0.1, 0.15) is 12.1 Å². The van der Waals surface area contributed by atoms with Crippen LogP contribution in [-0.4, -0.2) is 33.4 Å². The van der Waals surface area contributed by atoms with Gasteiger partial charge in [-0.25, -0.2) is 8.78 Å². The van der Waals surface area contributed by atoms with Gasteiger partial charge in [0.15, 0.2) is 11.6 Å². The number of hydrogen-bond acceptors (Lipinski definition) is 2. The third-order valence-electron chi connectivity index (χ3n) is 4.44. The van der Waals surface area contributed by atoms with Gasteiger partial charge in [0.2, 0.25) is 5.91 Å². The van der Waals surface area contributed by atoms with Crippen molar-refractivity contribution in [3.05, 3.63) is 53.3 Å². The van der Waals surface area contributed by atoms with Crippen LogP contribution in [0, 0.1) is 11.6 Å². The van der Waals surface area contributed by atoms with Crippen LogP contribution in [0.3, 0.4) is 0 Å². The first-order valence-corrected chi connectivity index (χ1v) is 8.28. The van der Waals surface area contributed by atoms with E-state index in [1.54, 1.807) is 27.9 Å². The van der Waals surface area contributed by atoms with Crippen LogP contribution in [0.15, 0.2) is 36.7 Å². The van der Waals surface area contributed by atoms with Crippen LogP contribution < -0.4 is 0 Å². The number of fused-ring (bicyclic) bond motifs is 1. The minimum Gasteiger partial charge on any atom is -0.341 e. The summed E-state index contributed by atoms with van der Waals surface area (Å²) in [5, 5.41) is 0.447. The Morgan fingerprint density at radius 2 is 1.96 bits per heavy atom. The molecule has 0 unspecified atom stereocenters. The summed E-state index contributed by atoms with van der Waals surface area (Å²) in [5.41, 5.74) is 2.38. The molecule has 4 rings (SSSR count). The fraction of sp³-hybridized carbons (Fsp3) is 0.222. The summed E-state index contributed by atoms with van der Waals surface area (Å²) < 4.78 is 28.4. The van der Waals surface area contributed by atoms with Crippen molar-refractivity contribution >= 4 is 28.5 Å². The maximum atomic E-state index is 13.5. The van der Waals surface area contributed by atoms with Crippen molar-refractivity contribution in [2.75, 3.05) is 13.1 Å². The Hall–Kier alpha value is -2.47. The van der Waals surface area contributed by atoms with Crippen LogP contribution in [0.25, 0.3) is 22.2 Å². The van der Waals surface area contributed by atoms with Gasteiger partial charge >= 0.3 is 0 Å². The van der Waals surface area contributed by atoms with E-state index in [1.165, 1.54) is 6.07 Å². The third-order valence-corrected chi connectivity index (χ3v) is 4.72. The molecule has 1 amide bonds. The van der Waals surface area contributed by atoms with Crippen molar-refractivity contribution in [3.8, 4) is 11.1 Å². The Balaban J connectivity index is 1.74. The number of amides is 1. The fourth-order valence-electron chi connectivity index (χ4n) is 2.90. The highest BCUT2D eigenvalue weighted by atomic mass is 35.5. The molecule has 3 heterocycles. The van der Waals surface area contributed by atoms with E-state index < -0.39 is 11.6 Å². The molecule has 1 aromatic carbocycles. The van der Waals surface area contributed by atoms with E-state index in [0.29, 0.717) is 27.2 Å². The molecular weight excluding hydrogens is 348 g/mol. The zero-order valence-corrected chi connectivity index (χ0v) is 13.9. The number of carbonyl (C=O) groups is 1. The Morgan fingerprint density at radius 1 is 1.16 bits per heavy atom. The monoisotopic (exact) mass is 361 g/mol. The van der Waals surface area contributed by atoms with Crippen LogP contribution in [0.4, 0.5) is 8.78 Å². The van der Waals surface area contributed by atoms with Gasteiger partial charge in [0, 0.05) is 31.0 Å². The first-order valence-electron chi connectivity index (χ1n) is 7.90. The largest absolute Gasteiger partial charge is 0.341 e. The minimum atomic E-state index is -0.918. The van der Waals surface area contributed by atoms with Crippen molar-refractivity contribution in [1.29, 1.82) is 0 Å². The maximum absolute atomic E-state index is 13.5. The third kappa shape index (κ3) is 2.87. The molecule has 25 heavy (non-hydrogen) atoms. The van der Waals surface area contributed by atoms with Crippen LogP contribution in [0.5, 0.6) is 0 Å². The van der Waals surface area contributed by atoms with E-state index in [0.717, 1.165) is 31.6 Å². The lowest BCUT2D eigenvalue weighted by Gasteiger charge is -2.31. The average molecular weight is 362 g/mol. The molecule has 0 bridgehead atoms. The standard InChI is InChI=1S/C18H14ClF2N3O/c19-13-9-24(10-17(25)23-4-1-5-23)16-7-12(8-22-18(13)16)11-2-3-14(20)15(21)6-11/h2-3,6-9H,1,4-5,10H2. The van der Waals surface area contributed by atoms with Gasteiger partial charge in [0.05, 0.1) is 10.5 Å². The molecule has 1 saturated heterocycles. The van der Waals surface area contributed by atoms with Gasteiger partial charge in [-0.3, -0.25) is 9.78 Å². The lowest BCUT2D eigenvalue weighted by molar-refractivity contribution is -0.135. The lowest BCUT2D eigenvalue weighted by atomic mass is 10.1. The highest BCUT2D eigenvalue weighted by Crippen LogP contribution is 2.29. The molecule has 4 nitrogen and oxygen atoms in total. The highest BCUT2D eigenvalue weighted by molar-refractivity contribution is 6.35. The normalized spacial score (nSPS) is 14.0. The Bertz CT molecular complexity index is 982. The maximum Gasteiger partial charge on any atom is 0.242 e.